The fourth-order valence-electron chi connectivity index (χ4n) is 2.66. The van der Waals surface area contributed by atoms with Gasteiger partial charge in [0.05, 0.1) is 18.5 Å². The molecule has 0 saturated carbocycles. The van der Waals surface area contributed by atoms with Crippen LogP contribution in [0, 0.1) is 0 Å². The zero-order chi connectivity index (χ0) is 18.0. The van der Waals surface area contributed by atoms with E-state index in [-0.39, 0.29) is 24.8 Å². The van der Waals surface area contributed by atoms with E-state index in [1.807, 2.05) is 0 Å². The quantitative estimate of drug-likeness (QED) is 0.886. The third-order valence-corrected chi connectivity index (χ3v) is 4.17. The smallest absolute Gasteiger partial charge is 0.270 e. The predicted molar refractivity (Wildman–Crippen MR) is 93.7 cm³/mol. The zero-order valence-corrected chi connectivity index (χ0v) is 14.8. The van der Waals surface area contributed by atoms with Crippen molar-refractivity contribution in [1.29, 1.82) is 0 Å². The van der Waals surface area contributed by atoms with Gasteiger partial charge in [-0.25, -0.2) is 0 Å². The van der Waals surface area contributed by atoms with Crippen LogP contribution in [0.4, 0.5) is 5.69 Å². The molecule has 2 amide bonds. The molecule has 1 aromatic heterocycles. The molecule has 132 valence electrons. The first-order valence-electron chi connectivity index (χ1n) is 7.96. The van der Waals surface area contributed by atoms with E-state index in [4.69, 9.17) is 20.8 Å². The van der Waals surface area contributed by atoms with Crippen LogP contribution in [0.15, 0.2) is 41.0 Å². The van der Waals surface area contributed by atoms with Gasteiger partial charge in [-0.05, 0) is 44.2 Å². The second-order valence-corrected chi connectivity index (χ2v) is 6.72. The molecular formula is C18H19ClN2O4. The molecule has 0 fully saturated rings. The van der Waals surface area contributed by atoms with Crippen LogP contribution in [-0.4, -0.2) is 24.0 Å². The van der Waals surface area contributed by atoms with Crippen molar-refractivity contribution in [3.05, 3.63) is 47.4 Å². The standard InChI is InChI=1S/C18H19ClN2O4/c1-18(2)17(23)21(14-10-12(19)5-6-15(14)25-18)8-7-16(22)20-11-13-4-3-9-24-13/h3-6,9-10H,7-8,11H2,1-2H3,(H,20,22). The summed E-state index contributed by atoms with van der Waals surface area (Å²) in [6, 6.07) is 8.66. The maximum absolute atomic E-state index is 12.7. The number of hydrogen-bond acceptors (Lipinski definition) is 4. The average molecular weight is 363 g/mol. The SMILES string of the molecule is CC1(C)Oc2ccc(Cl)cc2N(CCC(=O)NCc2ccco2)C1=O. The third kappa shape index (κ3) is 3.79. The summed E-state index contributed by atoms with van der Waals surface area (Å²) >= 11 is 6.05. The summed E-state index contributed by atoms with van der Waals surface area (Å²) in [5.41, 5.74) is -0.415. The number of rotatable bonds is 5. The number of nitrogens with zero attached hydrogens (tertiary/aromatic N) is 1. The maximum atomic E-state index is 12.7. The molecule has 2 aromatic rings. The Labute approximate surface area is 150 Å². The van der Waals surface area contributed by atoms with E-state index in [2.05, 4.69) is 5.32 Å². The number of anilines is 1. The largest absolute Gasteiger partial charge is 0.476 e. The van der Waals surface area contributed by atoms with Gasteiger partial charge in [0, 0.05) is 18.0 Å². The molecule has 0 bridgehead atoms. The molecule has 0 unspecified atom stereocenters. The Morgan fingerprint density at radius 3 is 2.84 bits per heavy atom. The van der Waals surface area contributed by atoms with Gasteiger partial charge >= 0.3 is 0 Å². The molecule has 0 spiro atoms. The monoisotopic (exact) mass is 362 g/mol. The van der Waals surface area contributed by atoms with Crippen molar-refractivity contribution >= 4 is 29.1 Å². The summed E-state index contributed by atoms with van der Waals surface area (Å²) in [6.07, 6.45) is 1.71. The van der Waals surface area contributed by atoms with Gasteiger partial charge < -0.3 is 19.4 Å². The summed E-state index contributed by atoms with van der Waals surface area (Å²) < 4.78 is 10.9. The third-order valence-electron chi connectivity index (χ3n) is 3.94. The van der Waals surface area contributed by atoms with Gasteiger partial charge in [-0.15, -0.1) is 0 Å². The fraction of sp³-hybridized carbons (Fsp3) is 0.333. The van der Waals surface area contributed by atoms with E-state index in [1.54, 1.807) is 55.3 Å². The first-order chi connectivity index (χ1) is 11.9. The molecular weight excluding hydrogens is 344 g/mol. The van der Waals surface area contributed by atoms with Gasteiger partial charge in [-0.1, -0.05) is 11.6 Å². The van der Waals surface area contributed by atoms with Crippen molar-refractivity contribution in [2.24, 2.45) is 0 Å². The van der Waals surface area contributed by atoms with Crippen LogP contribution in [0.3, 0.4) is 0 Å². The van der Waals surface area contributed by atoms with Gasteiger partial charge in [0.15, 0.2) is 5.60 Å². The zero-order valence-electron chi connectivity index (χ0n) is 14.0. The first kappa shape index (κ1) is 17.4. The lowest BCUT2D eigenvalue weighted by Gasteiger charge is -2.38. The average Bonchev–Trinajstić information content (AvgIpc) is 3.07. The van der Waals surface area contributed by atoms with E-state index >= 15 is 0 Å². The molecule has 25 heavy (non-hydrogen) atoms. The van der Waals surface area contributed by atoms with E-state index in [1.165, 1.54) is 0 Å². The van der Waals surface area contributed by atoms with E-state index in [0.717, 1.165) is 0 Å². The Bertz CT molecular complexity index is 786. The topological polar surface area (TPSA) is 71.8 Å². The number of amides is 2. The minimum Gasteiger partial charge on any atom is -0.476 e. The van der Waals surface area contributed by atoms with Crippen molar-refractivity contribution in [3.8, 4) is 5.75 Å². The van der Waals surface area contributed by atoms with Crippen molar-refractivity contribution in [2.75, 3.05) is 11.4 Å². The van der Waals surface area contributed by atoms with Crippen LogP contribution < -0.4 is 15.0 Å². The molecule has 2 heterocycles. The molecule has 6 nitrogen and oxygen atoms in total. The highest BCUT2D eigenvalue weighted by Crippen LogP contribution is 2.39. The molecule has 0 atom stereocenters. The van der Waals surface area contributed by atoms with Gasteiger partial charge in [0.1, 0.15) is 11.5 Å². The summed E-state index contributed by atoms with van der Waals surface area (Å²) in [5.74, 6) is 0.872. The highest BCUT2D eigenvalue weighted by atomic mass is 35.5. The molecule has 1 aromatic carbocycles. The normalized spacial score (nSPS) is 15.5. The van der Waals surface area contributed by atoms with E-state index < -0.39 is 5.60 Å². The van der Waals surface area contributed by atoms with Crippen LogP contribution in [0.5, 0.6) is 5.75 Å². The van der Waals surface area contributed by atoms with Gasteiger partial charge in [-0.3, -0.25) is 9.59 Å². The molecule has 0 aliphatic carbocycles. The highest BCUT2D eigenvalue weighted by molar-refractivity contribution is 6.31. The van der Waals surface area contributed by atoms with Crippen molar-refractivity contribution in [3.63, 3.8) is 0 Å². The van der Waals surface area contributed by atoms with Gasteiger partial charge in [0.2, 0.25) is 5.91 Å². The lowest BCUT2D eigenvalue weighted by molar-refractivity contribution is -0.132. The van der Waals surface area contributed by atoms with Crippen LogP contribution in [0.2, 0.25) is 5.02 Å². The first-order valence-corrected chi connectivity index (χ1v) is 8.34. The molecule has 1 aliphatic heterocycles. The number of fused-ring (bicyclic) bond motifs is 1. The van der Waals surface area contributed by atoms with Crippen LogP contribution in [-0.2, 0) is 16.1 Å². The van der Waals surface area contributed by atoms with Crippen LogP contribution in [0.1, 0.15) is 26.0 Å². The number of halogens is 1. The summed E-state index contributed by atoms with van der Waals surface area (Å²) in [4.78, 5) is 26.3. The minimum atomic E-state index is -0.995. The van der Waals surface area contributed by atoms with E-state index in [0.29, 0.717) is 28.8 Å². The van der Waals surface area contributed by atoms with Crippen LogP contribution >= 0.6 is 11.6 Å². The number of carbonyl (C=O) groups excluding carboxylic acids is 2. The summed E-state index contributed by atoms with van der Waals surface area (Å²) in [6.45, 7) is 3.97. The number of benzene rings is 1. The molecule has 1 N–H and O–H groups in total. The second-order valence-electron chi connectivity index (χ2n) is 6.29. The number of hydrogen-bond donors (Lipinski definition) is 1. The lowest BCUT2D eigenvalue weighted by atomic mass is 10.0. The number of nitrogens with one attached hydrogen (secondary N) is 1. The Morgan fingerprint density at radius 2 is 2.12 bits per heavy atom. The molecule has 3 rings (SSSR count). The molecule has 0 radical (unpaired) electrons. The van der Waals surface area contributed by atoms with Gasteiger partial charge in [-0.2, -0.15) is 0 Å². The highest BCUT2D eigenvalue weighted by Gasteiger charge is 2.40. The number of carbonyl (C=O) groups is 2. The van der Waals surface area contributed by atoms with Crippen LogP contribution in [0.25, 0.3) is 0 Å². The Hall–Kier alpha value is -2.47. The summed E-state index contributed by atoms with van der Waals surface area (Å²) in [7, 11) is 0. The molecule has 1 aliphatic rings. The Morgan fingerprint density at radius 1 is 1.32 bits per heavy atom. The van der Waals surface area contributed by atoms with Gasteiger partial charge in [0.25, 0.3) is 5.91 Å². The summed E-state index contributed by atoms with van der Waals surface area (Å²) in [5, 5.41) is 3.27. The molecule has 0 saturated heterocycles. The lowest BCUT2D eigenvalue weighted by Crippen LogP contribution is -2.53. The van der Waals surface area contributed by atoms with E-state index in [9.17, 15) is 9.59 Å². The number of furan rings is 1. The minimum absolute atomic E-state index is 0.161. The predicted octanol–water partition coefficient (Wildman–Crippen LogP) is 3.14. The Kier molecular flexibility index (Phi) is 4.72. The number of ether oxygens (including phenoxy) is 1. The second kappa shape index (κ2) is 6.80. The van der Waals surface area contributed by atoms with Crippen molar-refractivity contribution in [2.45, 2.75) is 32.4 Å². The molecule has 7 heteroatoms. The Balaban J connectivity index is 1.69. The van der Waals surface area contributed by atoms with Crippen molar-refractivity contribution < 1.29 is 18.7 Å². The maximum Gasteiger partial charge on any atom is 0.270 e. The van der Waals surface area contributed by atoms with Crippen molar-refractivity contribution in [1.82, 2.24) is 5.32 Å². The fourth-order valence-corrected chi connectivity index (χ4v) is 2.83.